The van der Waals surface area contributed by atoms with Crippen molar-refractivity contribution in [1.29, 1.82) is 0 Å². The lowest BCUT2D eigenvalue weighted by atomic mass is 10.1. The van der Waals surface area contributed by atoms with Gasteiger partial charge in [0.05, 0.1) is 24.5 Å². The van der Waals surface area contributed by atoms with E-state index >= 15 is 0 Å². The third kappa shape index (κ3) is 6.71. The molecule has 8 heteroatoms. The molecule has 0 aliphatic rings. The molecule has 28 heavy (non-hydrogen) atoms. The third-order valence-corrected chi connectivity index (χ3v) is 4.12. The predicted octanol–water partition coefficient (Wildman–Crippen LogP) is 3.25. The summed E-state index contributed by atoms with van der Waals surface area (Å²) in [7, 11) is 0. The molecule has 2 aromatic carbocycles. The van der Waals surface area contributed by atoms with Gasteiger partial charge in [0.2, 0.25) is 0 Å². The molecule has 0 heterocycles. The number of hydrogen-bond donors (Lipinski definition) is 4. The molecular formula is C20H28N8. The zero-order chi connectivity index (χ0) is 20.5. The SMILES string of the molecule is CC(CN=NCC(C)C(N)=Nc1ccc(N)cc1)C(N)=Nc1ccc(N)cc1. The molecule has 0 saturated heterocycles. The average Bonchev–Trinajstić information content (AvgIpc) is 2.68. The minimum Gasteiger partial charge on any atom is -0.399 e. The Morgan fingerprint density at radius 1 is 0.679 bits per heavy atom. The first-order valence-electron chi connectivity index (χ1n) is 9.07. The molecule has 8 N–H and O–H groups in total. The number of nitrogen functional groups attached to an aromatic ring is 2. The lowest BCUT2D eigenvalue weighted by Gasteiger charge is -2.09. The Balaban J connectivity index is 1.84. The first kappa shape index (κ1) is 20.9. The van der Waals surface area contributed by atoms with Crippen molar-refractivity contribution in [1.82, 2.24) is 0 Å². The molecule has 2 rings (SSSR count). The zero-order valence-corrected chi connectivity index (χ0v) is 16.3. The Labute approximate surface area is 165 Å². The van der Waals surface area contributed by atoms with E-state index < -0.39 is 0 Å². The van der Waals surface area contributed by atoms with Crippen LogP contribution in [0.5, 0.6) is 0 Å². The van der Waals surface area contributed by atoms with Gasteiger partial charge in [0.1, 0.15) is 11.7 Å². The van der Waals surface area contributed by atoms with Crippen LogP contribution in [0.25, 0.3) is 0 Å². The van der Waals surface area contributed by atoms with Crippen LogP contribution in [0.2, 0.25) is 0 Å². The molecule has 0 bridgehead atoms. The van der Waals surface area contributed by atoms with Gasteiger partial charge >= 0.3 is 0 Å². The topological polar surface area (TPSA) is 154 Å². The lowest BCUT2D eigenvalue weighted by Crippen LogP contribution is -2.24. The summed E-state index contributed by atoms with van der Waals surface area (Å²) in [5.41, 5.74) is 26.3. The van der Waals surface area contributed by atoms with Crippen LogP contribution in [0.15, 0.2) is 68.7 Å². The summed E-state index contributed by atoms with van der Waals surface area (Å²) in [6.45, 7) is 4.81. The number of benzene rings is 2. The summed E-state index contributed by atoms with van der Waals surface area (Å²) in [6, 6.07) is 14.4. The van der Waals surface area contributed by atoms with Crippen molar-refractivity contribution in [3.8, 4) is 0 Å². The maximum absolute atomic E-state index is 6.04. The van der Waals surface area contributed by atoms with Gasteiger partial charge in [-0.3, -0.25) is 0 Å². The number of nitrogens with zero attached hydrogens (tertiary/aromatic N) is 4. The molecule has 0 amide bonds. The van der Waals surface area contributed by atoms with Crippen molar-refractivity contribution >= 4 is 34.4 Å². The Bertz CT molecular complexity index is 766. The molecule has 148 valence electrons. The summed E-state index contributed by atoms with van der Waals surface area (Å²) >= 11 is 0. The van der Waals surface area contributed by atoms with Gasteiger partial charge in [-0.25, -0.2) is 9.98 Å². The Morgan fingerprint density at radius 2 is 1.00 bits per heavy atom. The van der Waals surface area contributed by atoms with Crippen LogP contribution in [0.1, 0.15) is 13.8 Å². The van der Waals surface area contributed by atoms with E-state index in [1.54, 1.807) is 24.3 Å². The van der Waals surface area contributed by atoms with Crippen LogP contribution in [-0.4, -0.2) is 24.8 Å². The number of hydrogen-bond acceptors (Lipinski definition) is 6. The van der Waals surface area contributed by atoms with Gasteiger partial charge in [-0.2, -0.15) is 10.2 Å². The molecule has 2 aromatic rings. The predicted molar refractivity (Wildman–Crippen MR) is 117 cm³/mol. The molecule has 0 saturated carbocycles. The van der Waals surface area contributed by atoms with Crippen LogP contribution < -0.4 is 22.9 Å². The monoisotopic (exact) mass is 380 g/mol. The maximum Gasteiger partial charge on any atom is 0.104 e. The molecule has 0 spiro atoms. The van der Waals surface area contributed by atoms with E-state index in [0.29, 0.717) is 36.1 Å². The zero-order valence-electron chi connectivity index (χ0n) is 16.3. The normalized spacial score (nSPS) is 14.9. The highest BCUT2D eigenvalue weighted by molar-refractivity contribution is 5.86. The molecule has 0 aliphatic heterocycles. The van der Waals surface area contributed by atoms with E-state index in [4.69, 9.17) is 22.9 Å². The molecule has 0 aliphatic carbocycles. The Kier molecular flexibility index (Phi) is 7.50. The van der Waals surface area contributed by atoms with Crippen molar-refractivity contribution < 1.29 is 0 Å². The molecule has 0 radical (unpaired) electrons. The highest BCUT2D eigenvalue weighted by Crippen LogP contribution is 2.16. The Hall–Kier alpha value is -3.42. The highest BCUT2D eigenvalue weighted by atomic mass is 15.1. The molecule has 2 atom stereocenters. The van der Waals surface area contributed by atoms with Gasteiger partial charge in [0.15, 0.2) is 0 Å². The summed E-state index contributed by atoms with van der Waals surface area (Å²) in [5, 5.41) is 8.41. The van der Waals surface area contributed by atoms with E-state index in [9.17, 15) is 0 Å². The summed E-state index contributed by atoms with van der Waals surface area (Å²) in [6.07, 6.45) is 0. The molecule has 0 fully saturated rings. The van der Waals surface area contributed by atoms with Crippen molar-refractivity contribution in [2.75, 3.05) is 24.6 Å². The number of anilines is 2. The average molecular weight is 381 g/mol. The van der Waals surface area contributed by atoms with E-state index in [1.807, 2.05) is 38.1 Å². The summed E-state index contributed by atoms with van der Waals surface area (Å²) in [4.78, 5) is 8.77. The molecule has 8 nitrogen and oxygen atoms in total. The fourth-order valence-corrected chi connectivity index (χ4v) is 2.16. The number of azo groups is 1. The van der Waals surface area contributed by atoms with Gasteiger partial charge in [-0.15, -0.1) is 0 Å². The van der Waals surface area contributed by atoms with Gasteiger partial charge in [0.25, 0.3) is 0 Å². The first-order valence-corrected chi connectivity index (χ1v) is 9.07. The highest BCUT2D eigenvalue weighted by Gasteiger charge is 2.08. The van der Waals surface area contributed by atoms with E-state index in [-0.39, 0.29) is 11.8 Å². The maximum atomic E-state index is 6.04. The van der Waals surface area contributed by atoms with Crippen molar-refractivity contribution in [2.24, 2.45) is 43.5 Å². The van der Waals surface area contributed by atoms with Crippen LogP contribution >= 0.6 is 0 Å². The second kappa shape index (κ2) is 10.1. The molecule has 2 unspecified atom stereocenters. The van der Waals surface area contributed by atoms with E-state index in [0.717, 1.165) is 11.4 Å². The Morgan fingerprint density at radius 3 is 1.32 bits per heavy atom. The first-order chi connectivity index (χ1) is 13.3. The number of amidine groups is 2. The largest absolute Gasteiger partial charge is 0.399 e. The fourth-order valence-electron chi connectivity index (χ4n) is 2.16. The summed E-state index contributed by atoms with van der Waals surface area (Å²) in [5.74, 6) is 0.942. The van der Waals surface area contributed by atoms with E-state index in [1.165, 1.54) is 0 Å². The van der Waals surface area contributed by atoms with Crippen molar-refractivity contribution in [3.63, 3.8) is 0 Å². The number of aliphatic imine (C=N–C) groups is 2. The van der Waals surface area contributed by atoms with Crippen molar-refractivity contribution in [2.45, 2.75) is 13.8 Å². The number of nitrogens with two attached hydrogens (primary N) is 4. The summed E-state index contributed by atoms with van der Waals surface area (Å²) < 4.78 is 0. The van der Waals surface area contributed by atoms with Crippen LogP contribution in [0.3, 0.4) is 0 Å². The minimum absolute atomic E-state index is 0.0302. The second-order valence-corrected chi connectivity index (χ2v) is 6.71. The van der Waals surface area contributed by atoms with Crippen LogP contribution in [0, 0.1) is 11.8 Å². The van der Waals surface area contributed by atoms with Gasteiger partial charge in [-0.05, 0) is 48.5 Å². The standard InChI is InChI=1S/C20H28N8/c1-13(19(23)27-17-7-3-15(21)4-8-17)11-25-26-12-14(2)20(24)28-18-9-5-16(22)6-10-18/h3-10,13-14H,11-12,21-22H2,1-2H3,(H2,23,27)(H2,24,28). The molecule has 0 aromatic heterocycles. The van der Waals surface area contributed by atoms with Gasteiger partial charge in [-0.1, -0.05) is 13.8 Å². The third-order valence-electron chi connectivity index (χ3n) is 4.12. The fraction of sp³-hybridized carbons (Fsp3) is 0.300. The quantitative estimate of drug-likeness (QED) is 0.240. The van der Waals surface area contributed by atoms with Crippen LogP contribution in [0.4, 0.5) is 22.7 Å². The van der Waals surface area contributed by atoms with Crippen LogP contribution in [-0.2, 0) is 0 Å². The van der Waals surface area contributed by atoms with Gasteiger partial charge < -0.3 is 22.9 Å². The lowest BCUT2D eigenvalue weighted by molar-refractivity contribution is 0.683. The van der Waals surface area contributed by atoms with E-state index in [2.05, 4.69) is 20.2 Å². The smallest absolute Gasteiger partial charge is 0.104 e. The van der Waals surface area contributed by atoms with Crippen molar-refractivity contribution in [3.05, 3.63) is 48.5 Å². The minimum atomic E-state index is -0.0302. The van der Waals surface area contributed by atoms with Gasteiger partial charge in [0, 0.05) is 23.2 Å². The molecular weight excluding hydrogens is 352 g/mol. The second-order valence-electron chi connectivity index (χ2n) is 6.71. The number of rotatable bonds is 8.